The van der Waals surface area contributed by atoms with Gasteiger partial charge < -0.3 is 18.9 Å². The number of carbonyl (C=O) groups is 4. The predicted molar refractivity (Wildman–Crippen MR) is 340 cm³/mol. The van der Waals surface area contributed by atoms with Crippen LogP contribution < -0.4 is 29.6 Å². The van der Waals surface area contributed by atoms with Gasteiger partial charge in [-0.25, -0.2) is 29.1 Å². The lowest BCUT2D eigenvalue weighted by atomic mass is 10.0. The fourth-order valence-electron chi connectivity index (χ4n) is 10.5. The Morgan fingerprint density at radius 1 is 0.435 bits per heavy atom. The second-order valence-corrected chi connectivity index (χ2v) is 26.1. The van der Waals surface area contributed by atoms with E-state index in [9.17, 15) is 19.2 Å². The molecule has 85 heavy (non-hydrogen) atoms. The molecule has 0 radical (unpaired) electrons. The maximum atomic E-state index is 14.3. The minimum absolute atomic E-state index is 0.429. The number of para-hydroxylation sites is 3. The second-order valence-electron chi connectivity index (χ2n) is 26.1. The van der Waals surface area contributed by atoms with Crippen LogP contribution in [0.1, 0.15) is 150 Å². The number of hydrogen-bond donors (Lipinski definition) is 2. The maximum absolute atomic E-state index is 14.3. The van der Waals surface area contributed by atoms with Crippen LogP contribution in [0.5, 0.6) is 0 Å². The summed E-state index contributed by atoms with van der Waals surface area (Å²) in [6, 6.07) is 35.7. The number of aromatic nitrogens is 4. The summed E-state index contributed by atoms with van der Waals surface area (Å²) in [5.41, 5.74) is 11.3. The zero-order chi connectivity index (χ0) is 61.8. The first-order valence-electron chi connectivity index (χ1n) is 29.7. The van der Waals surface area contributed by atoms with E-state index in [2.05, 4.69) is 19.8 Å². The largest absolute Gasteiger partial charge is 0.444 e. The third-order valence-electron chi connectivity index (χ3n) is 14.1. The van der Waals surface area contributed by atoms with Crippen LogP contribution in [-0.2, 0) is 18.9 Å². The second kappa shape index (κ2) is 25.4. The Kier molecular flexibility index (Phi) is 18.7. The van der Waals surface area contributed by atoms with Gasteiger partial charge in [-0.3, -0.25) is 20.4 Å². The Balaban J connectivity index is 0.997. The number of amides is 4. The number of rotatable bonds is 16. The molecule has 0 aliphatic heterocycles. The molecule has 16 nitrogen and oxygen atoms in total. The van der Waals surface area contributed by atoms with Crippen LogP contribution in [0, 0.1) is 27.7 Å². The molecule has 2 aromatic heterocycles. The van der Waals surface area contributed by atoms with Crippen molar-refractivity contribution in [1.29, 1.82) is 0 Å². The highest BCUT2D eigenvalue weighted by atomic mass is 16.6. The third kappa shape index (κ3) is 15.9. The van der Waals surface area contributed by atoms with Crippen molar-refractivity contribution in [2.45, 2.75) is 178 Å². The average Bonchev–Trinajstić information content (AvgIpc) is 0.955. The summed E-state index contributed by atoms with van der Waals surface area (Å²) >= 11 is 0. The van der Waals surface area contributed by atoms with Crippen LogP contribution in [-0.4, -0.2) is 69.8 Å². The van der Waals surface area contributed by atoms with Crippen LogP contribution in [0.2, 0.25) is 0 Å². The van der Waals surface area contributed by atoms with Crippen LogP contribution >= 0.6 is 0 Å². The summed E-state index contributed by atoms with van der Waals surface area (Å²) < 4.78 is 27.7. The van der Waals surface area contributed by atoms with E-state index in [1.165, 1.54) is 0 Å². The summed E-state index contributed by atoms with van der Waals surface area (Å²) in [6.07, 6.45) is 4.19. The van der Waals surface area contributed by atoms with Gasteiger partial charge in [-0.1, -0.05) is 68.5 Å². The van der Waals surface area contributed by atoms with Gasteiger partial charge in [0.2, 0.25) is 33.4 Å². The topological polar surface area (TPSA) is 169 Å². The van der Waals surface area contributed by atoms with Crippen LogP contribution in [0.3, 0.4) is 0 Å². The highest BCUT2D eigenvalue weighted by Crippen LogP contribution is 2.33. The van der Waals surface area contributed by atoms with Crippen molar-refractivity contribution in [3.63, 3.8) is 0 Å². The highest BCUT2D eigenvalue weighted by Gasteiger charge is 2.32. The number of unbranched alkanes of at least 4 members (excludes halogenated alkanes) is 6. The first-order valence-corrected chi connectivity index (χ1v) is 29.7. The van der Waals surface area contributed by atoms with E-state index in [1.54, 1.807) is 9.80 Å². The highest BCUT2D eigenvalue weighted by molar-refractivity contribution is 5.96. The fourth-order valence-corrected chi connectivity index (χ4v) is 10.5. The Labute approximate surface area is 500 Å². The van der Waals surface area contributed by atoms with Gasteiger partial charge in [0.1, 0.15) is 44.5 Å². The van der Waals surface area contributed by atoms with E-state index in [0.717, 1.165) is 128 Å². The summed E-state index contributed by atoms with van der Waals surface area (Å²) in [7, 11) is 0. The Hall–Kier alpha value is -8.40. The normalized spacial score (nSPS) is 12.1. The maximum Gasteiger partial charge on any atom is 0.414 e. The van der Waals surface area contributed by atoms with E-state index in [1.807, 2.05) is 220 Å². The van der Waals surface area contributed by atoms with E-state index in [0.29, 0.717) is 30.2 Å². The molecule has 8 aromatic rings. The first kappa shape index (κ1) is 62.6. The number of aryl methyl sites for hydroxylation is 3. The molecule has 0 saturated heterocycles. The number of benzene rings is 6. The van der Waals surface area contributed by atoms with Gasteiger partial charge in [0.15, 0.2) is 0 Å². The molecule has 4 amide bonds. The molecular formula is C69H86N8O8+2. The SMILES string of the molecule is Cc1cc2nc3cc(C)c(N(CCCCCCCCCN(C(=O)OC(C)(C)C)c4ccc5nc6ccccc6[n+](-c6c(C)ccc(NC(=O)OC(C)(C)C)c6C)c5c4)C(=O)OC(C)(C)C)cc3[n+](-c3ccccc3)c2cc1NC(=O)OC(C)(C)C. The quantitative estimate of drug-likeness (QED) is 0.0411. The Morgan fingerprint density at radius 3 is 1.52 bits per heavy atom. The molecular weight excluding hydrogens is 1070 g/mol. The lowest BCUT2D eigenvalue weighted by Gasteiger charge is -2.28. The molecule has 448 valence electrons. The summed E-state index contributed by atoms with van der Waals surface area (Å²) in [4.78, 5) is 68.3. The molecule has 0 atom stereocenters. The van der Waals surface area contributed by atoms with Gasteiger partial charge >= 0.3 is 24.4 Å². The molecule has 16 heteroatoms. The number of ether oxygens (including phenoxy) is 4. The molecule has 0 aliphatic rings. The molecule has 0 bridgehead atoms. The molecule has 0 saturated carbocycles. The molecule has 0 spiro atoms. The standard InChI is InChI=1S/C69H84N8O8/c1-44-33-35-50(72-62(78)82-66(5,6)7)47(4)61(44)77-56-32-26-25-31-51(56)70-52-36-34-49(41-58(52)77)74(64(80)84-68(11,12)13)37-27-20-18-17-19-21-28-38-75(65(81)85-69(14,15)16)57-43-60-55(40-46(57)3)71-54-39-45(2)53(73-63(79)83-67(8,9)10)42-59(54)76(60)48-29-23-22-24-30-48/h22-26,29-36,39-43H,17-21,27-28,37-38H2,1-16H3/p+2. The number of hydrogen-bond acceptors (Lipinski definition) is 10. The lowest BCUT2D eigenvalue weighted by molar-refractivity contribution is -0.539. The van der Waals surface area contributed by atoms with Gasteiger partial charge in [-0.15, -0.1) is 9.13 Å². The van der Waals surface area contributed by atoms with Crippen molar-refractivity contribution in [2.75, 3.05) is 33.5 Å². The number of anilines is 4. The van der Waals surface area contributed by atoms with E-state index in [-0.39, 0.29) is 0 Å². The zero-order valence-electron chi connectivity index (χ0n) is 52.7. The van der Waals surface area contributed by atoms with E-state index < -0.39 is 46.8 Å². The van der Waals surface area contributed by atoms with Crippen LogP contribution in [0.15, 0.2) is 109 Å². The van der Waals surface area contributed by atoms with Crippen molar-refractivity contribution in [3.05, 3.63) is 131 Å². The van der Waals surface area contributed by atoms with Crippen molar-refractivity contribution >= 4 is 91.3 Å². The molecule has 6 aromatic carbocycles. The van der Waals surface area contributed by atoms with Crippen molar-refractivity contribution < 1.29 is 47.3 Å². The summed E-state index contributed by atoms with van der Waals surface area (Å²) in [5.74, 6) is 0. The fraction of sp³-hybridized carbons (Fsp3) is 0.420. The van der Waals surface area contributed by atoms with Gasteiger partial charge in [-0.2, -0.15) is 0 Å². The molecule has 8 rings (SSSR count). The molecule has 0 aliphatic carbocycles. The van der Waals surface area contributed by atoms with Gasteiger partial charge in [0.05, 0.1) is 22.7 Å². The minimum Gasteiger partial charge on any atom is -0.444 e. The summed E-state index contributed by atoms with van der Waals surface area (Å²) in [6.45, 7) is 31.1. The van der Waals surface area contributed by atoms with Crippen LogP contribution in [0.4, 0.5) is 41.9 Å². The number of fused-ring (bicyclic) bond motifs is 4. The summed E-state index contributed by atoms with van der Waals surface area (Å²) in [5, 5.41) is 5.92. The minimum atomic E-state index is -0.729. The number of nitrogens with one attached hydrogen (secondary N) is 2. The number of nitrogens with zero attached hydrogens (tertiary/aromatic N) is 6. The van der Waals surface area contributed by atoms with Crippen molar-refractivity contribution in [2.24, 2.45) is 0 Å². The Bertz CT molecular complexity index is 3800. The number of carbonyl (C=O) groups excluding carboxylic acids is 4. The molecule has 0 fully saturated rings. The predicted octanol–water partition coefficient (Wildman–Crippen LogP) is 16.5. The van der Waals surface area contributed by atoms with Gasteiger partial charge in [0.25, 0.3) is 0 Å². The first-order chi connectivity index (χ1) is 39.9. The van der Waals surface area contributed by atoms with E-state index in [4.69, 9.17) is 28.9 Å². The van der Waals surface area contributed by atoms with Crippen molar-refractivity contribution in [3.8, 4) is 11.4 Å². The third-order valence-corrected chi connectivity index (χ3v) is 14.1. The lowest BCUT2D eigenvalue weighted by Crippen LogP contribution is -2.38. The zero-order valence-corrected chi connectivity index (χ0v) is 52.7. The smallest absolute Gasteiger partial charge is 0.414 e. The van der Waals surface area contributed by atoms with E-state index >= 15 is 0 Å². The van der Waals surface area contributed by atoms with Gasteiger partial charge in [0, 0.05) is 60.6 Å². The van der Waals surface area contributed by atoms with Crippen LogP contribution in [0.25, 0.3) is 55.5 Å². The average molecular weight is 1160 g/mol. The van der Waals surface area contributed by atoms with Crippen molar-refractivity contribution in [1.82, 2.24) is 9.97 Å². The Morgan fingerprint density at radius 2 is 0.918 bits per heavy atom. The van der Waals surface area contributed by atoms with Gasteiger partial charge in [-0.05, 0) is 171 Å². The monoisotopic (exact) mass is 1150 g/mol. The molecule has 2 N–H and O–H groups in total. The molecule has 2 heterocycles. The molecule has 0 unspecified atom stereocenters.